The van der Waals surface area contributed by atoms with E-state index in [2.05, 4.69) is 5.32 Å². The first-order valence-electron chi connectivity index (χ1n) is 14.7. The van der Waals surface area contributed by atoms with Crippen LogP contribution in [0.3, 0.4) is 0 Å². The number of hydrogen-bond donors (Lipinski definition) is 1. The number of nitrogens with one attached hydrogen (secondary N) is 1. The minimum absolute atomic E-state index is 0.819. The van der Waals surface area contributed by atoms with Gasteiger partial charge in [0, 0.05) is 6.04 Å². The van der Waals surface area contributed by atoms with Crippen LogP contribution in [0, 0.1) is 17.8 Å². The van der Waals surface area contributed by atoms with Gasteiger partial charge in [-0.2, -0.15) is 0 Å². The second kappa shape index (κ2) is 15.7. The lowest BCUT2D eigenvalue weighted by Crippen LogP contribution is -2.32. The molecule has 0 aromatic rings. The fourth-order valence-electron chi connectivity index (χ4n) is 7.15. The summed E-state index contributed by atoms with van der Waals surface area (Å²) in [6, 6.07) is 0.819. The smallest absolute Gasteiger partial charge is 0.00670 e. The zero-order chi connectivity index (χ0) is 20.7. The van der Waals surface area contributed by atoms with E-state index in [1.807, 2.05) is 0 Å². The molecule has 176 valence electrons. The van der Waals surface area contributed by atoms with E-state index in [0.717, 1.165) is 23.8 Å². The van der Waals surface area contributed by atoms with Crippen LogP contribution < -0.4 is 5.32 Å². The van der Waals surface area contributed by atoms with Gasteiger partial charge < -0.3 is 5.32 Å². The standard InChI is InChI=1S/C29H55N/c1-2-4-6-11-15-23-29-26-18-12-9-7-10-14-21-28(22-17-16-20-26)30-25-24-27(29)19-13-8-5-3-1/h26-30H,1-25H2. The average molecular weight is 418 g/mol. The van der Waals surface area contributed by atoms with Crippen molar-refractivity contribution in [2.24, 2.45) is 17.8 Å². The Morgan fingerprint density at radius 3 is 1.27 bits per heavy atom. The Labute approximate surface area is 189 Å². The first kappa shape index (κ1) is 24.6. The van der Waals surface area contributed by atoms with Crippen LogP contribution in [-0.4, -0.2) is 12.6 Å². The van der Waals surface area contributed by atoms with Gasteiger partial charge in [-0.25, -0.2) is 0 Å². The second-order valence-corrected chi connectivity index (χ2v) is 11.4. The lowest BCUT2D eigenvalue weighted by atomic mass is 9.71. The molecule has 0 aromatic heterocycles. The maximum absolute atomic E-state index is 4.06. The van der Waals surface area contributed by atoms with Crippen molar-refractivity contribution in [3.8, 4) is 0 Å². The Morgan fingerprint density at radius 1 is 0.333 bits per heavy atom. The van der Waals surface area contributed by atoms with Gasteiger partial charge in [0.25, 0.3) is 0 Å². The zero-order valence-electron chi connectivity index (χ0n) is 20.5. The summed E-state index contributed by atoms with van der Waals surface area (Å²) in [5.41, 5.74) is 0. The molecule has 1 heterocycles. The van der Waals surface area contributed by atoms with Crippen molar-refractivity contribution in [3.63, 3.8) is 0 Å². The fourth-order valence-corrected chi connectivity index (χ4v) is 7.15. The minimum Gasteiger partial charge on any atom is -0.314 e. The Morgan fingerprint density at radius 2 is 0.700 bits per heavy atom. The van der Waals surface area contributed by atoms with Gasteiger partial charge in [-0.15, -0.1) is 0 Å². The van der Waals surface area contributed by atoms with Crippen molar-refractivity contribution >= 4 is 0 Å². The molecule has 0 amide bonds. The molecule has 1 N–H and O–H groups in total. The highest BCUT2D eigenvalue weighted by Crippen LogP contribution is 2.39. The highest BCUT2D eigenvalue weighted by molar-refractivity contribution is 4.81. The van der Waals surface area contributed by atoms with Gasteiger partial charge in [0.1, 0.15) is 0 Å². The molecule has 3 fully saturated rings. The van der Waals surface area contributed by atoms with E-state index in [1.165, 1.54) is 141 Å². The summed E-state index contributed by atoms with van der Waals surface area (Å²) in [6.45, 7) is 1.30. The maximum Gasteiger partial charge on any atom is 0.00670 e. The lowest BCUT2D eigenvalue weighted by Gasteiger charge is -2.35. The second-order valence-electron chi connectivity index (χ2n) is 11.4. The van der Waals surface area contributed by atoms with Gasteiger partial charge >= 0.3 is 0 Å². The monoisotopic (exact) mass is 417 g/mol. The van der Waals surface area contributed by atoms with Crippen LogP contribution in [0.2, 0.25) is 0 Å². The lowest BCUT2D eigenvalue weighted by molar-refractivity contribution is 0.159. The Bertz CT molecular complexity index is 405. The molecule has 4 unspecified atom stereocenters. The molecule has 0 radical (unpaired) electrons. The summed E-state index contributed by atoms with van der Waals surface area (Å²) < 4.78 is 0. The highest BCUT2D eigenvalue weighted by Gasteiger charge is 2.29. The minimum atomic E-state index is 0.819. The van der Waals surface area contributed by atoms with Gasteiger partial charge in [0.05, 0.1) is 0 Å². The van der Waals surface area contributed by atoms with Crippen molar-refractivity contribution in [1.29, 1.82) is 0 Å². The zero-order valence-corrected chi connectivity index (χ0v) is 20.5. The van der Waals surface area contributed by atoms with Crippen LogP contribution in [0.1, 0.15) is 154 Å². The van der Waals surface area contributed by atoms with Crippen LogP contribution in [0.5, 0.6) is 0 Å². The predicted octanol–water partition coefficient (Wildman–Crippen LogP) is 9.20. The number of fused-ring (bicyclic) bond motifs is 7. The summed E-state index contributed by atoms with van der Waals surface area (Å²) in [6.07, 6.45) is 36.1. The van der Waals surface area contributed by atoms with Crippen molar-refractivity contribution < 1.29 is 0 Å². The molecule has 2 bridgehead atoms. The van der Waals surface area contributed by atoms with E-state index in [9.17, 15) is 0 Å². The first-order valence-corrected chi connectivity index (χ1v) is 14.7. The third kappa shape index (κ3) is 9.62. The molecule has 2 aliphatic carbocycles. The van der Waals surface area contributed by atoms with Crippen molar-refractivity contribution in [2.45, 2.75) is 160 Å². The van der Waals surface area contributed by atoms with Gasteiger partial charge in [0.2, 0.25) is 0 Å². The van der Waals surface area contributed by atoms with E-state index in [0.29, 0.717) is 0 Å². The normalized spacial score (nSPS) is 35.2. The third-order valence-corrected chi connectivity index (χ3v) is 9.03. The third-order valence-electron chi connectivity index (χ3n) is 9.03. The van der Waals surface area contributed by atoms with E-state index < -0.39 is 0 Å². The summed E-state index contributed by atoms with van der Waals surface area (Å²) in [4.78, 5) is 0. The average Bonchev–Trinajstić information content (AvgIpc) is 2.76. The largest absolute Gasteiger partial charge is 0.314 e. The van der Waals surface area contributed by atoms with Crippen molar-refractivity contribution in [3.05, 3.63) is 0 Å². The topological polar surface area (TPSA) is 12.0 Å². The molecule has 1 heteroatoms. The highest BCUT2D eigenvalue weighted by atomic mass is 14.9. The summed E-state index contributed by atoms with van der Waals surface area (Å²) in [5.74, 6) is 3.08. The van der Waals surface area contributed by atoms with Gasteiger partial charge in [0.15, 0.2) is 0 Å². The van der Waals surface area contributed by atoms with Gasteiger partial charge in [-0.3, -0.25) is 0 Å². The molecule has 0 aromatic carbocycles. The van der Waals surface area contributed by atoms with E-state index >= 15 is 0 Å². The van der Waals surface area contributed by atoms with Gasteiger partial charge in [-0.05, 0) is 50.0 Å². The van der Waals surface area contributed by atoms with Crippen LogP contribution in [0.25, 0.3) is 0 Å². The van der Waals surface area contributed by atoms with Crippen molar-refractivity contribution in [1.82, 2.24) is 5.32 Å². The molecular weight excluding hydrogens is 362 g/mol. The Kier molecular flexibility index (Phi) is 12.9. The Hall–Kier alpha value is -0.0400. The Balaban J connectivity index is 1.70. The molecule has 1 nitrogen and oxygen atoms in total. The van der Waals surface area contributed by atoms with E-state index in [1.54, 1.807) is 19.3 Å². The van der Waals surface area contributed by atoms with Gasteiger partial charge in [-0.1, -0.05) is 128 Å². The number of hydrogen-bond acceptors (Lipinski definition) is 1. The van der Waals surface area contributed by atoms with Crippen LogP contribution in [0.4, 0.5) is 0 Å². The fraction of sp³-hybridized carbons (Fsp3) is 1.00. The molecule has 3 rings (SSSR count). The molecule has 3 aliphatic rings. The van der Waals surface area contributed by atoms with Crippen molar-refractivity contribution in [2.75, 3.05) is 6.54 Å². The van der Waals surface area contributed by atoms with E-state index in [-0.39, 0.29) is 0 Å². The quantitative estimate of drug-likeness (QED) is 0.414. The molecular formula is C29H55N. The molecule has 1 aliphatic heterocycles. The summed E-state index contributed by atoms with van der Waals surface area (Å²) >= 11 is 0. The first-order chi connectivity index (χ1) is 14.9. The van der Waals surface area contributed by atoms with Crippen LogP contribution >= 0.6 is 0 Å². The maximum atomic E-state index is 4.06. The molecule has 0 spiro atoms. The van der Waals surface area contributed by atoms with Crippen LogP contribution in [0.15, 0.2) is 0 Å². The predicted molar refractivity (Wildman–Crippen MR) is 133 cm³/mol. The molecule has 30 heavy (non-hydrogen) atoms. The SMILES string of the molecule is C1CCCCCCC2C3CCCCCCCC(CCCC3)NCCC2CCCCC1. The summed E-state index contributed by atoms with van der Waals surface area (Å²) in [5, 5.41) is 4.06. The summed E-state index contributed by atoms with van der Waals surface area (Å²) in [7, 11) is 0. The van der Waals surface area contributed by atoms with Crippen LogP contribution in [-0.2, 0) is 0 Å². The number of rotatable bonds is 0. The molecule has 2 saturated carbocycles. The molecule has 4 atom stereocenters. The van der Waals surface area contributed by atoms with E-state index in [4.69, 9.17) is 0 Å². The molecule has 1 saturated heterocycles.